The zero-order valence-electron chi connectivity index (χ0n) is 10.7. The van der Waals surface area contributed by atoms with E-state index in [4.69, 9.17) is 5.11 Å². The van der Waals surface area contributed by atoms with E-state index in [0.29, 0.717) is 6.42 Å². The van der Waals surface area contributed by atoms with Gasteiger partial charge < -0.3 is 14.6 Å². The Morgan fingerprint density at radius 2 is 2.16 bits per heavy atom. The summed E-state index contributed by atoms with van der Waals surface area (Å²) in [4.78, 5) is 33.8. The Morgan fingerprint density at radius 1 is 1.53 bits per heavy atom. The highest BCUT2D eigenvalue weighted by Gasteiger charge is 2.20. The summed E-state index contributed by atoms with van der Waals surface area (Å²) >= 11 is 0. The summed E-state index contributed by atoms with van der Waals surface area (Å²) in [7, 11) is 3.08. The molecule has 0 fully saturated rings. The molecule has 8 heteroatoms. The lowest BCUT2D eigenvalue weighted by molar-refractivity contribution is -0.384. The van der Waals surface area contributed by atoms with Gasteiger partial charge >= 0.3 is 5.97 Å². The van der Waals surface area contributed by atoms with E-state index in [1.807, 2.05) is 0 Å². The molecule has 1 heterocycles. The van der Waals surface area contributed by atoms with Crippen molar-refractivity contribution in [2.45, 2.75) is 12.8 Å². The third kappa shape index (κ3) is 3.80. The molecule has 0 aliphatic carbocycles. The van der Waals surface area contributed by atoms with Crippen LogP contribution in [0, 0.1) is 10.1 Å². The van der Waals surface area contributed by atoms with Crippen molar-refractivity contribution in [1.29, 1.82) is 0 Å². The number of nitrogens with zero attached hydrogens (tertiary/aromatic N) is 3. The maximum atomic E-state index is 12.0. The number of rotatable bonds is 6. The molecule has 1 aromatic heterocycles. The number of amides is 1. The normalized spacial score (nSPS) is 10.2. The van der Waals surface area contributed by atoms with Crippen LogP contribution in [-0.4, -0.2) is 45.0 Å². The molecule has 0 atom stereocenters. The van der Waals surface area contributed by atoms with Gasteiger partial charge in [0.1, 0.15) is 5.69 Å². The standard InChI is InChI=1S/C11H15N3O5/c1-12(5-3-4-10(15)16)11(17)9-6-8(14(18)19)7-13(9)2/h6-7H,3-5H2,1-2H3,(H,15,16). The maximum Gasteiger partial charge on any atom is 0.303 e. The summed E-state index contributed by atoms with van der Waals surface area (Å²) < 4.78 is 1.38. The summed E-state index contributed by atoms with van der Waals surface area (Å²) in [6, 6.07) is 1.20. The second-order valence-electron chi connectivity index (χ2n) is 4.18. The molecule has 0 aromatic carbocycles. The van der Waals surface area contributed by atoms with Gasteiger partial charge in [-0.2, -0.15) is 0 Å². The number of carboxylic acids is 1. The van der Waals surface area contributed by atoms with Gasteiger partial charge in [-0.3, -0.25) is 19.7 Å². The number of aliphatic carboxylic acids is 1. The highest BCUT2D eigenvalue weighted by molar-refractivity contribution is 5.93. The Morgan fingerprint density at radius 3 is 2.63 bits per heavy atom. The van der Waals surface area contributed by atoms with E-state index in [9.17, 15) is 19.7 Å². The number of aryl methyl sites for hydroxylation is 1. The van der Waals surface area contributed by atoms with E-state index in [0.717, 1.165) is 0 Å². The van der Waals surface area contributed by atoms with Crippen LogP contribution < -0.4 is 0 Å². The van der Waals surface area contributed by atoms with Crippen molar-refractivity contribution in [2.75, 3.05) is 13.6 Å². The van der Waals surface area contributed by atoms with Crippen LogP contribution in [-0.2, 0) is 11.8 Å². The number of aromatic nitrogens is 1. The molecule has 0 aliphatic rings. The van der Waals surface area contributed by atoms with Crippen LogP contribution in [0.2, 0.25) is 0 Å². The van der Waals surface area contributed by atoms with Gasteiger partial charge in [0.05, 0.1) is 11.1 Å². The number of carbonyl (C=O) groups excluding carboxylic acids is 1. The molecular formula is C11H15N3O5. The minimum absolute atomic E-state index is 0.0229. The lowest BCUT2D eigenvalue weighted by atomic mass is 10.3. The Hall–Kier alpha value is -2.38. The van der Waals surface area contributed by atoms with Crippen molar-refractivity contribution in [3.05, 3.63) is 28.1 Å². The van der Waals surface area contributed by atoms with Crippen molar-refractivity contribution in [2.24, 2.45) is 7.05 Å². The predicted molar refractivity (Wildman–Crippen MR) is 65.9 cm³/mol. The Balaban J connectivity index is 2.71. The molecular weight excluding hydrogens is 254 g/mol. The fourth-order valence-corrected chi connectivity index (χ4v) is 1.62. The second kappa shape index (κ2) is 5.98. The number of hydrogen-bond donors (Lipinski definition) is 1. The van der Waals surface area contributed by atoms with Crippen molar-refractivity contribution >= 4 is 17.6 Å². The molecule has 19 heavy (non-hydrogen) atoms. The Labute approximate surface area is 109 Å². The summed E-state index contributed by atoms with van der Waals surface area (Å²) in [5, 5.41) is 19.1. The van der Waals surface area contributed by atoms with E-state index < -0.39 is 10.9 Å². The van der Waals surface area contributed by atoms with Crippen LogP contribution in [0.5, 0.6) is 0 Å². The molecule has 104 valence electrons. The molecule has 1 aromatic rings. The fraction of sp³-hybridized carbons (Fsp3) is 0.455. The molecule has 8 nitrogen and oxygen atoms in total. The topological polar surface area (TPSA) is 106 Å². The first-order valence-corrected chi connectivity index (χ1v) is 5.61. The summed E-state index contributed by atoms with van der Waals surface area (Å²) in [6.07, 6.45) is 1.58. The first kappa shape index (κ1) is 14.7. The molecule has 0 bridgehead atoms. The van der Waals surface area contributed by atoms with Crippen LogP contribution in [0.1, 0.15) is 23.3 Å². The van der Waals surface area contributed by atoms with E-state index in [1.165, 1.54) is 28.8 Å². The van der Waals surface area contributed by atoms with Gasteiger partial charge in [0.25, 0.3) is 11.6 Å². The van der Waals surface area contributed by atoms with Gasteiger partial charge in [-0.25, -0.2) is 0 Å². The number of nitro groups is 1. The fourth-order valence-electron chi connectivity index (χ4n) is 1.62. The smallest absolute Gasteiger partial charge is 0.303 e. The minimum Gasteiger partial charge on any atom is -0.481 e. The summed E-state index contributed by atoms with van der Waals surface area (Å²) in [6.45, 7) is 0.282. The van der Waals surface area contributed by atoms with Crippen molar-refractivity contribution < 1.29 is 19.6 Å². The van der Waals surface area contributed by atoms with Crippen LogP contribution in [0.4, 0.5) is 5.69 Å². The third-order valence-electron chi connectivity index (χ3n) is 2.65. The van der Waals surface area contributed by atoms with E-state index in [1.54, 1.807) is 7.05 Å². The summed E-state index contributed by atoms with van der Waals surface area (Å²) in [5.41, 5.74) is 0.0503. The molecule has 0 spiro atoms. The highest BCUT2D eigenvalue weighted by Crippen LogP contribution is 2.16. The van der Waals surface area contributed by atoms with E-state index >= 15 is 0 Å². The first-order valence-electron chi connectivity index (χ1n) is 5.61. The molecule has 0 aliphatic heterocycles. The largest absolute Gasteiger partial charge is 0.481 e. The summed E-state index contributed by atoms with van der Waals surface area (Å²) in [5.74, 6) is -1.30. The lowest BCUT2D eigenvalue weighted by Crippen LogP contribution is -2.29. The van der Waals surface area contributed by atoms with Crippen LogP contribution in [0.3, 0.4) is 0 Å². The predicted octanol–water partition coefficient (Wildman–Crippen LogP) is 0.870. The average Bonchev–Trinajstić information content (AvgIpc) is 2.70. The highest BCUT2D eigenvalue weighted by atomic mass is 16.6. The van der Waals surface area contributed by atoms with Crippen LogP contribution >= 0.6 is 0 Å². The van der Waals surface area contributed by atoms with Gasteiger partial charge in [0.15, 0.2) is 0 Å². The molecule has 0 unspecified atom stereocenters. The monoisotopic (exact) mass is 269 g/mol. The maximum absolute atomic E-state index is 12.0. The quantitative estimate of drug-likeness (QED) is 0.609. The number of hydrogen-bond acceptors (Lipinski definition) is 4. The first-order chi connectivity index (χ1) is 8.82. The zero-order chi connectivity index (χ0) is 14.6. The van der Waals surface area contributed by atoms with Gasteiger partial charge in [-0.1, -0.05) is 0 Å². The third-order valence-corrected chi connectivity index (χ3v) is 2.65. The van der Waals surface area contributed by atoms with E-state index in [2.05, 4.69) is 0 Å². The van der Waals surface area contributed by atoms with Gasteiger partial charge in [0, 0.05) is 33.1 Å². The van der Waals surface area contributed by atoms with Gasteiger partial charge in [-0.15, -0.1) is 0 Å². The SMILES string of the molecule is CN(CCCC(=O)O)C(=O)c1cc([N+](=O)[O-])cn1C. The Bertz CT molecular complexity index is 508. The molecule has 0 saturated heterocycles. The molecule has 0 saturated carbocycles. The average molecular weight is 269 g/mol. The lowest BCUT2D eigenvalue weighted by Gasteiger charge is -2.16. The molecule has 1 rings (SSSR count). The van der Waals surface area contributed by atoms with Crippen LogP contribution in [0.15, 0.2) is 12.3 Å². The number of carboxylic acid groups (broad SMARTS) is 1. The van der Waals surface area contributed by atoms with Crippen LogP contribution in [0.25, 0.3) is 0 Å². The molecule has 1 amide bonds. The molecule has 1 N–H and O–H groups in total. The van der Waals surface area contributed by atoms with Gasteiger partial charge in [0.2, 0.25) is 0 Å². The van der Waals surface area contributed by atoms with E-state index in [-0.39, 0.29) is 30.3 Å². The number of carbonyl (C=O) groups is 2. The zero-order valence-corrected chi connectivity index (χ0v) is 10.7. The van der Waals surface area contributed by atoms with Crippen molar-refractivity contribution in [3.8, 4) is 0 Å². The van der Waals surface area contributed by atoms with Crippen molar-refractivity contribution in [1.82, 2.24) is 9.47 Å². The minimum atomic E-state index is -0.921. The second-order valence-corrected chi connectivity index (χ2v) is 4.18. The van der Waals surface area contributed by atoms with Crippen molar-refractivity contribution in [3.63, 3.8) is 0 Å². The molecule has 0 radical (unpaired) electrons. The van der Waals surface area contributed by atoms with Gasteiger partial charge in [-0.05, 0) is 6.42 Å². The Kier molecular flexibility index (Phi) is 4.62.